The molecule has 0 atom stereocenters. The molecule has 2 rings (SSSR count). The van der Waals surface area contributed by atoms with Crippen molar-refractivity contribution in [2.75, 3.05) is 33.8 Å². The summed E-state index contributed by atoms with van der Waals surface area (Å²) in [6.45, 7) is 6.11. The van der Waals surface area contributed by atoms with Crippen LogP contribution in [0, 0.1) is 0 Å². The topological polar surface area (TPSA) is 58.9 Å². The maximum atomic E-state index is 12.6. The Morgan fingerprint density at radius 2 is 2.17 bits per heavy atom. The molecule has 2 heterocycles. The summed E-state index contributed by atoms with van der Waals surface area (Å²) in [6, 6.07) is 3.76. The van der Waals surface area contributed by atoms with Crippen molar-refractivity contribution in [1.82, 2.24) is 19.6 Å². The van der Waals surface area contributed by atoms with Crippen molar-refractivity contribution in [3.8, 4) is 5.75 Å². The summed E-state index contributed by atoms with van der Waals surface area (Å²) in [4.78, 5) is 19.3. The molecule has 2 aromatic heterocycles. The highest BCUT2D eigenvalue weighted by atomic mass is 16.5. The van der Waals surface area contributed by atoms with Crippen LogP contribution in [0.1, 0.15) is 36.5 Å². The van der Waals surface area contributed by atoms with Crippen LogP contribution in [-0.4, -0.2) is 54.0 Å². The van der Waals surface area contributed by atoms with Gasteiger partial charge in [-0.2, -0.15) is 0 Å². The van der Waals surface area contributed by atoms with Gasteiger partial charge >= 0.3 is 0 Å². The minimum atomic E-state index is -0.0817. The molecule has 6 nitrogen and oxygen atoms in total. The van der Waals surface area contributed by atoms with E-state index in [1.807, 2.05) is 50.7 Å². The third-order valence-corrected chi connectivity index (χ3v) is 3.60. The molecule has 6 heteroatoms. The molecule has 23 heavy (non-hydrogen) atoms. The Morgan fingerprint density at radius 3 is 2.83 bits per heavy atom. The van der Waals surface area contributed by atoms with E-state index in [-0.39, 0.29) is 5.91 Å². The molecule has 0 radical (unpaired) electrons. The van der Waals surface area contributed by atoms with Crippen molar-refractivity contribution in [3.05, 3.63) is 29.7 Å². The maximum absolute atomic E-state index is 12.6. The molecule has 0 unspecified atom stereocenters. The highest BCUT2D eigenvalue weighted by molar-refractivity contribution is 5.95. The number of nitrogens with one attached hydrogen (secondary N) is 1. The number of rotatable bonds is 8. The monoisotopic (exact) mass is 318 g/mol. The van der Waals surface area contributed by atoms with Crippen molar-refractivity contribution in [3.63, 3.8) is 0 Å². The van der Waals surface area contributed by atoms with Crippen LogP contribution < -0.4 is 10.1 Å². The number of ether oxygens (including phenoxy) is 1. The van der Waals surface area contributed by atoms with Crippen molar-refractivity contribution in [2.45, 2.75) is 26.7 Å². The Balaban J connectivity index is 2.24. The first-order valence-electron chi connectivity index (χ1n) is 8.14. The number of amides is 1. The van der Waals surface area contributed by atoms with E-state index in [2.05, 4.69) is 15.2 Å². The van der Waals surface area contributed by atoms with E-state index < -0.39 is 0 Å². The average molecular weight is 318 g/mol. The lowest BCUT2D eigenvalue weighted by molar-refractivity contribution is 0.0945. The first-order chi connectivity index (χ1) is 11.1. The van der Waals surface area contributed by atoms with Crippen molar-refractivity contribution >= 4 is 11.6 Å². The van der Waals surface area contributed by atoms with Gasteiger partial charge in [0.1, 0.15) is 5.69 Å². The van der Waals surface area contributed by atoms with Gasteiger partial charge in [-0.1, -0.05) is 6.92 Å². The summed E-state index contributed by atoms with van der Waals surface area (Å²) in [5.74, 6) is 0.623. The van der Waals surface area contributed by atoms with Gasteiger partial charge < -0.3 is 15.0 Å². The van der Waals surface area contributed by atoms with Gasteiger partial charge in [-0.3, -0.25) is 9.20 Å². The highest BCUT2D eigenvalue weighted by Crippen LogP contribution is 2.22. The Bertz CT molecular complexity index is 664. The van der Waals surface area contributed by atoms with Crippen LogP contribution in [-0.2, 0) is 6.42 Å². The van der Waals surface area contributed by atoms with Crippen LogP contribution >= 0.6 is 0 Å². The van der Waals surface area contributed by atoms with Gasteiger partial charge in [-0.25, -0.2) is 4.98 Å². The van der Waals surface area contributed by atoms with Gasteiger partial charge in [-0.05, 0) is 52.5 Å². The minimum absolute atomic E-state index is 0.0817. The molecule has 0 aliphatic heterocycles. The van der Waals surface area contributed by atoms with E-state index in [1.54, 1.807) is 0 Å². The van der Waals surface area contributed by atoms with Crippen LogP contribution in [0.5, 0.6) is 5.75 Å². The number of aryl methyl sites for hydroxylation is 1. The fraction of sp³-hybridized carbons (Fsp3) is 0.529. The number of imidazole rings is 1. The molecule has 0 fully saturated rings. The van der Waals surface area contributed by atoms with Crippen LogP contribution in [0.25, 0.3) is 5.65 Å². The van der Waals surface area contributed by atoms with Crippen LogP contribution in [0.3, 0.4) is 0 Å². The third-order valence-electron chi connectivity index (χ3n) is 3.60. The quantitative estimate of drug-likeness (QED) is 0.756. The SMILES string of the molecule is CCOc1cccn2c(C(=O)NCCCN(C)C)c(CC)nc12. The summed E-state index contributed by atoms with van der Waals surface area (Å²) in [7, 11) is 4.05. The Hall–Kier alpha value is -2.08. The molecule has 126 valence electrons. The normalized spacial score (nSPS) is 11.2. The average Bonchev–Trinajstić information content (AvgIpc) is 2.91. The molecule has 0 aromatic carbocycles. The summed E-state index contributed by atoms with van der Waals surface area (Å²) in [5.41, 5.74) is 2.10. The Kier molecular flexibility index (Phi) is 5.98. The first kappa shape index (κ1) is 17.3. The lowest BCUT2D eigenvalue weighted by Crippen LogP contribution is -2.28. The van der Waals surface area contributed by atoms with Crippen molar-refractivity contribution in [2.24, 2.45) is 0 Å². The lowest BCUT2D eigenvalue weighted by Gasteiger charge is -2.10. The van der Waals surface area contributed by atoms with E-state index in [1.165, 1.54) is 0 Å². The molecule has 0 saturated carbocycles. The van der Waals surface area contributed by atoms with Gasteiger partial charge in [0.15, 0.2) is 11.4 Å². The summed E-state index contributed by atoms with van der Waals surface area (Å²) in [5, 5.41) is 2.99. The van der Waals surface area contributed by atoms with Crippen LogP contribution in [0.4, 0.5) is 0 Å². The number of hydrogen-bond acceptors (Lipinski definition) is 4. The number of nitrogens with zero attached hydrogens (tertiary/aromatic N) is 3. The standard InChI is InChI=1S/C17H26N4O2/c1-5-13-15(17(22)18-10-8-11-20(3)4)21-12-7-9-14(23-6-2)16(21)19-13/h7,9,12H,5-6,8,10-11H2,1-4H3,(H,18,22). The zero-order chi connectivity index (χ0) is 16.8. The number of hydrogen-bond donors (Lipinski definition) is 1. The zero-order valence-electron chi connectivity index (χ0n) is 14.4. The molecule has 1 N–H and O–H groups in total. The second kappa shape index (κ2) is 7.97. The van der Waals surface area contributed by atoms with Crippen LogP contribution in [0.2, 0.25) is 0 Å². The second-order valence-electron chi connectivity index (χ2n) is 5.67. The van der Waals surface area contributed by atoms with Gasteiger partial charge in [0.2, 0.25) is 0 Å². The molecule has 1 amide bonds. The predicted molar refractivity (Wildman–Crippen MR) is 91.2 cm³/mol. The molecule has 0 bridgehead atoms. The highest BCUT2D eigenvalue weighted by Gasteiger charge is 2.19. The van der Waals surface area contributed by atoms with E-state index in [0.717, 1.165) is 18.7 Å². The number of carbonyl (C=O) groups excluding carboxylic acids is 1. The predicted octanol–water partition coefficient (Wildman–Crippen LogP) is 1.98. The summed E-state index contributed by atoms with van der Waals surface area (Å²) in [6.07, 6.45) is 3.48. The fourth-order valence-electron chi connectivity index (χ4n) is 2.53. The molecule has 0 spiro atoms. The molecule has 0 aliphatic carbocycles. The molecule has 0 aliphatic rings. The third kappa shape index (κ3) is 4.01. The van der Waals surface area contributed by atoms with Gasteiger partial charge in [0.05, 0.1) is 12.3 Å². The van der Waals surface area contributed by atoms with Crippen LogP contribution in [0.15, 0.2) is 18.3 Å². The second-order valence-corrected chi connectivity index (χ2v) is 5.67. The maximum Gasteiger partial charge on any atom is 0.270 e. The van der Waals surface area contributed by atoms with E-state index in [9.17, 15) is 4.79 Å². The number of aromatic nitrogens is 2. The number of pyridine rings is 1. The van der Waals surface area contributed by atoms with Crippen molar-refractivity contribution < 1.29 is 9.53 Å². The van der Waals surface area contributed by atoms with E-state index in [4.69, 9.17) is 4.74 Å². The van der Waals surface area contributed by atoms with E-state index in [0.29, 0.717) is 36.7 Å². The summed E-state index contributed by atoms with van der Waals surface area (Å²) >= 11 is 0. The largest absolute Gasteiger partial charge is 0.490 e. The smallest absolute Gasteiger partial charge is 0.270 e. The van der Waals surface area contributed by atoms with Gasteiger partial charge in [-0.15, -0.1) is 0 Å². The Labute approximate surface area is 137 Å². The van der Waals surface area contributed by atoms with E-state index >= 15 is 0 Å². The number of carbonyl (C=O) groups is 1. The Morgan fingerprint density at radius 1 is 1.39 bits per heavy atom. The fourth-order valence-corrected chi connectivity index (χ4v) is 2.53. The molecular weight excluding hydrogens is 292 g/mol. The van der Waals surface area contributed by atoms with Gasteiger partial charge in [0, 0.05) is 12.7 Å². The molecular formula is C17H26N4O2. The lowest BCUT2D eigenvalue weighted by atomic mass is 10.2. The van der Waals surface area contributed by atoms with Crippen molar-refractivity contribution in [1.29, 1.82) is 0 Å². The zero-order valence-corrected chi connectivity index (χ0v) is 14.4. The molecule has 2 aromatic rings. The first-order valence-corrected chi connectivity index (χ1v) is 8.14. The minimum Gasteiger partial charge on any atom is -0.490 e. The summed E-state index contributed by atoms with van der Waals surface area (Å²) < 4.78 is 7.44. The number of fused-ring (bicyclic) bond motifs is 1. The molecule has 0 saturated heterocycles. The van der Waals surface area contributed by atoms with Gasteiger partial charge in [0.25, 0.3) is 5.91 Å².